The summed E-state index contributed by atoms with van der Waals surface area (Å²) in [5.74, 6) is 2.41. The lowest BCUT2D eigenvalue weighted by Gasteiger charge is -2.29. The van der Waals surface area contributed by atoms with Gasteiger partial charge in [-0.25, -0.2) is 0 Å². The van der Waals surface area contributed by atoms with Crippen LogP contribution in [0.5, 0.6) is 23.0 Å². The van der Waals surface area contributed by atoms with Gasteiger partial charge in [-0.3, -0.25) is 4.79 Å². The maximum atomic E-state index is 12.3. The number of hydrogen-bond donors (Lipinski definition) is 1. The number of aromatic hydroxyl groups is 1. The molecular weight excluding hydrogens is 937 g/mol. The Balaban J connectivity index is 0.000000400. The molecule has 0 saturated carbocycles. The van der Waals surface area contributed by atoms with Crippen LogP contribution >= 0.6 is 0 Å². The van der Waals surface area contributed by atoms with Crippen LogP contribution in [-0.4, -0.2) is 24.2 Å². The second kappa shape index (κ2) is 30.1. The molecule has 0 aliphatic heterocycles. The molecule has 0 aliphatic rings. The normalized spacial score (nSPS) is 12.6. The van der Waals surface area contributed by atoms with Crippen LogP contribution in [0.4, 0.5) is 0 Å². The largest absolute Gasteiger partial charge is 0.507 e. The number of rotatable bonds is 26. The van der Waals surface area contributed by atoms with Gasteiger partial charge in [-0.1, -0.05) is 276 Å². The van der Waals surface area contributed by atoms with Crippen LogP contribution in [-0.2, 0) is 48.4 Å². The third kappa shape index (κ3) is 24.1. The van der Waals surface area contributed by atoms with Crippen molar-refractivity contribution >= 4 is 5.97 Å². The SMILES string of the molecule is CC(C)(C)c1ccc(OC(Oc2ccc(C(C)(C)C)cc2)Oc2ccc(C(C)(C)C)cc2C(C)(C)C)cc1.CCCCCCCCCCCCCCCCCCOC(=O)CCc1cc(C(C)(C)C)c(O)c(C(C)(C)C)c1. The van der Waals surface area contributed by atoms with E-state index in [9.17, 15) is 9.90 Å². The number of hydrogen-bond acceptors (Lipinski definition) is 6. The van der Waals surface area contributed by atoms with Gasteiger partial charge in [0.05, 0.1) is 6.61 Å². The first kappa shape index (κ1) is 65.8. The molecule has 0 unspecified atom stereocenters. The molecule has 0 atom stereocenters. The summed E-state index contributed by atoms with van der Waals surface area (Å²) in [5.41, 5.74) is 7.59. The second-order valence-corrected chi connectivity index (χ2v) is 28.0. The van der Waals surface area contributed by atoms with Gasteiger partial charge >= 0.3 is 12.4 Å². The number of esters is 1. The van der Waals surface area contributed by atoms with Crippen molar-refractivity contribution in [2.24, 2.45) is 0 Å². The average molecular weight is 1050 g/mol. The number of benzene rings is 4. The van der Waals surface area contributed by atoms with Crippen molar-refractivity contribution < 1.29 is 28.8 Å². The molecule has 426 valence electrons. The summed E-state index contributed by atoms with van der Waals surface area (Å²) in [6.45, 7) is 41.1. The van der Waals surface area contributed by atoms with Gasteiger partial charge in [0.15, 0.2) is 0 Å². The number of unbranched alkanes of at least 4 members (excludes halogenated alkanes) is 15. The highest BCUT2D eigenvalue weighted by atomic mass is 16.8. The first-order chi connectivity index (χ1) is 35.3. The van der Waals surface area contributed by atoms with E-state index in [1.807, 2.05) is 30.3 Å². The summed E-state index contributed by atoms with van der Waals surface area (Å²) in [7, 11) is 0. The number of ether oxygens (including phenoxy) is 4. The molecule has 4 rings (SSSR count). The molecule has 0 aliphatic carbocycles. The predicted molar refractivity (Wildman–Crippen MR) is 324 cm³/mol. The zero-order chi connectivity index (χ0) is 57.0. The third-order valence-electron chi connectivity index (χ3n) is 14.4. The highest BCUT2D eigenvalue weighted by Gasteiger charge is 2.28. The lowest BCUT2D eigenvalue weighted by atomic mass is 9.78. The van der Waals surface area contributed by atoms with E-state index in [1.165, 1.54) is 107 Å². The standard InChI is InChI=1S/C35H48O3.C35H62O3/c1-32(2,3)24-13-18-27(19-14-24)36-31(37-28-20-15-25(16-21-28)33(4,5)6)38-30-22-17-26(34(7,8)9)23-29(30)35(10,11)12;1-8-9-10-11-12-13-14-15-16-17-18-19-20-21-22-23-26-38-32(36)25-24-29-27-30(34(2,3)4)33(37)31(28-29)35(5,6)7/h13-23,31H,1-12H3;27-28,37H,8-26H2,1-7H3. The first-order valence-electron chi connectivity index (χ1n) is 29.7. The van der Waals surface area contributed by atoms with Gasteiger partial charge in [0.2, 0.25) is 0 Å². The molecule has 6 nitrogen and oxygen atoms in total. The van der Waals surface area contributed by atoms with E-state index < -0.39 is 6.48 Å². The van der Waals surface area contributed by atoms with Crippen molar-refractivity contribution in [3.8, 4) is 23.0 Å². The summed E-state index contributed by atoms with van der Waals surface area (Å²) in [6, 6.07) is 26.9. The fraction of sp³-hybridized carbons (Fsp3) is 0.643. The van der Waals surface area contributed by atoms with E-state index in [0.29, 0.717) is 36.7 Å². The molecule has 4 aromatic rings. The molecule has 0 amide bonds. The summed E-state index contributed by atoms with van der Waals surface area (Å²) in [4.78, 5) is 12.3. The van der Waals surface area contributed by atoms with Crippen LogP contribution in [0.2, 0.25) is 0 Å². The van der Waals surface area contributed by atoms with E-state index in [1.54, 1.807) is 0 Å². The monoisotopic (exact) mass is 1050 g/mol. The fourth-order valence-corrected chi connectivity index (χ4v) is 9.29. The smallest absolute Gasteiger partial charge is 0.406 e. The minimum atomic E-state index is -0.961. The minimum absolute atomic E-state index is 0.0362. The quantitative estimate of drug-likeness (QED) is 0.0384. The third-order valence-corrected chi connectivity index (χ3v) is 14.4. The summed E-state index contributed by atoms with van der Waals surface area (Å²) >= 11 is 0. The predicted octanol–water partition coefficient (Wildman–Crippen LogP) is 20.4. The van der Waals surface area contributed by atoms with Crippen molar-refractivity contribution in [2.75, 3.05) is 6.61 Å². The zero-order valence-electron chi connectivity index (χ0n) is 52.0. The van der Waals surface area contributed by atoms with Crippen molar-refractivity contribution in [1.82, 2.24) is 0 Å². The van der Waals surface area contributed by atoms with Crippen molar-refractivity contribution in [2.45, 2.75) is 286 Å². The Kier molecular flexibility index (Phi) is 26.0. The molecule has 0 spiro atoms. The topological polar surface area (TPSA) is 74.2 Å². The van der Waals surface area contributed by atoms with Gasteiger partial charge in [0.25, 0.3) is 0 Å². The molecular formula is C70H110O6. The second-order valence-electron chi connectivity index (χ2n) is 28.0. The maximum Gasteiger partial charge on any atom is 0.406 e. The molecule has 76 heavy (non-hydrogen) atoms. The number of phenolic OH excluding ortho intramolecular Hbond substituents is 1. The van der Waals surface area contributed by atoms with Gasteiger partial charge in [0.1, 0.15) is 23.0 Å². The van der Waals surface area contributed by atoms with E-state index in [-0.39, 0.29) is 38.5 Å². The highest BCUT2D eigenvalue weighted by molar-refractivity contribution is 5.69. The molecule has 0 heterocycles. The Bertz CT molecular complexity index is 2180. The van der Waals surface area contributed by atoms with Crippen molar-refractivity contribution in [1.29, 1.82) is 0 Å². The minimum Gasteiger partial charge on any atom is -0.507 e. The summed E-state index contributed by atoms with van der Waals surface area (Å²) < 4.78 is 24.6. The Morgan fingerprint density at radius 3 is 1.13 bits per heavy atom. The van der Waals surface area contributed by atoms with E-state index in [2.05, 4.69) is 180 Å². The maximum absolute atomic E-state index is 12.3. The lowest BCUT2D eigenvalue weighted by Crippen LogP contribution is -2.32. The summed E-state index contributed by atoms with van der Waals surface area (Å²) in [6.07, 6.45) is 22.5. The van der Waals surface area contributed by atoms with Crippen LogP contribution < -0.4 is 14.2 Å². The Morgan fingerprint density at radius 2 is 0.776 bits per heavy atom. The van der Waals surface area contributed by atoms with Crippen molar-refractivity contribution in [3.63, 3.8) is 0 Å². The number of carbonyl (C=O) groups is 1. The zero-order valence-corrected chi connectivity index (χ0v) is 52.0. The van der Waals surface area contributed by atoms with Crippen LogP contribution in [0.15, 0.2) is 78.9 Å². The molecule has 4 aromatic carbocycles. The van der Waals surface area contributed by atoms with Gasteiger partial charge in [-0.2, -0.15) is 0 Å². The van der Waals surface area contributed by atoms with Gasteiger partial charge in [-0.05, 0) is 109 Å². The van der Waals surface area contributed by atoms with Crippen LogP contribution in [0.3, 0.4) is 0 Å². The molecule has 0 bridgehead atoms. The van der Waals surface area contributed by atoms with Gasteiger partial charge in [-0.15, -0.1) is 0 Å². The molecule has 0 fully saturated rings. The van der Waals surface area contributed by atoms with E-state index in [0.717, 1.165) is 40.8 Å². The van der Waals surface area contributed by atoms with E-state index in [4.69, 9.17) is 18.9 Å². The van der Waals surface area contributed by atoms with Crippen LogP contribution in [0, 0.1) is 0 Å². The molecule has 0 aromatic heterocycles. The number of aryl methyl sites for hydroxylation is 1. The number of phenols is 1. The number of carbonyl (C=O) groups excluding carboxylic acids is 1. The molecule has 1 N–H and O–H groups in total. The molecule has 0 radical (unpaired) electrons. The Labute approximate surface area is 466 Å². The average Bonchev–Trinajstić information content (AvgIpc) is 3.31. The Hall–Kier alpha value is -4.45. The van der Waals surface area contributed by atoms with Crippen LogP contribution in [0.25, 0.3) is 0 Å². The Morgan fingerprint density at radius 1 is 0.421 bits per heavy atom. The van der Waals surface area contributed by atoms with Gasteiger partial charge in [0, 0.05) is 12.0 Å². The van der Waals surface area contributed by atoms with Gasteiger partial charge < -0.3 is 24.1 Å². The fourth-order valence-electron chi connectivity index (χ4n) is 9.29. The first-order valence-corrected chi connectivity index (χ1v) is 29.7. The van der Waals surface area contributed by atoms with E-state index >= 15 is 0 Å². The lowest BCUT2D eigenvalue weighted by molar-refractivity contribution is -0.143. The van der Waals surface area contributed by atoms with Crippen LogP contribution in [0.1, 0.15) is 280 Å². The summed E-state index contributed by atoms with van der Waals surface area (Å²) in [5, 5.41) is 10.9. The van der Waals surface area contributed by atoms with Crippen molar-refractivity contribution in [3.05, 3.63) is 118 Å². The molecule has 0 saturated heterocycles. The molecule has 6 heteroatoms. The highest BCUT2D eigenvalue weighted by Crippen LogP contribution is 2.41.